The lowest BCUT2D eigenvalue weighted by Gasteiger charge is -2.32. The largest absolute Gasteiger partial charge is 0.272 e. The van der Waals surface area contributed by atoms with E-state index in [1.807, 2.05) is 38.5 Å². The number of hydrogen-bond acceptors (Lipinski definition) is 5. The molecule has 1 saturated carbocycles. The van der Waals surface area contributed by atoms with Crippen molar-refractivity contribution in [1.29, 1.82) is 0 Å². The highest BCUT2D eigenvalue weighted by molar-refractivity contribution is 5.78. The molecule has 148 valence electrons. The molecule has 4 rings (SSSR count). The number of amides is 1. The van der Waals surface area contributed by atoms with Gasteiger partial charge in [-0.3, -0.25) is 14.6 Å². The number of carbonyl (C=O) groups is 1. The Morgan fingerprint density at radius 2 is 1.79 bits per heavy atom. The minimum atomic E-state index is -0.0111. The third-order valence-corrected chi connectivity index (χ3v) is 6.00. The van der Waals surface area contributed by atoms with E-state index in [-0.39, 0.29) is 17.9 Å². The number of carbonyl (C=O) groups excluding carboxylic acids is 1. The van der Waals surface area contributed by atoms with Crippen LogP contribution in [0.3, 0.4) is 0 Å². The van der Waals surface area contributed by atoms with E-state index >= 15 is 0 Å². The zero-order valence-corrected chi connectivity index (χ0v) is 16.7. The maximum atomic E-state index is 13.1. The molecule has 6 heteroatoms. The average molecular weight is 380 g/mol. The van der Waals surface area contributed by atoms with Gasteiger partial charge in [-0.1, -0.05) is 6.07 Å². The van der Waals surface area contributed by atoms with Gasteiger partial charge in [0.25, 0.3) is 0 Å². The zero-order valence-electron chi connectivity index (χ0n) is 16.7. The van der Waals surface area contributed by atoms with Gasteiger partial charge in [-0.05, 0) is 69.1 Å². The second kappa shape index (κ2) is 8.35. The third-order valence-electron chi connectivity index (χ3n) is 6.00. The predicted molar refractivity (Wildman–Crippen MR) is 105 cm³/mol. The molecule has 1 amide bonds. The van der Waals surface area contributed by atoms with Crippen LogP contribution in [0.1, 0.15) is 60.8 Å². The van der Waals surface area contributed by atoms with Crippen molar-refractivity contribution >= 4 is 5.91 Å². The summed E-state index contributed by atoms with van der Waals surface area (Å²) < 4.78 is 0. The summed E-state index contributed by atoms with van der Waals surface area (Å²) in [6, 6.07) is 4.04. The maximum absolute atomic E-state index is 13.1. The summed E-state index contributed by atoms with van der Waals surface area (Å²) in [5, 5.41) is 1.63. The molecule has 0 bridgehead atoms. The highest BCUT2D eigenvalue weighted by Crippen LogP contribution is 2.36. The van der Waals surface area contributed by atoms with Crippen molar-refractivity contribution < 1.29 is 9.63 Å². The minimum Gasteiger partial charge on any atom is -0.272 e. The van der Waals surface area contributed by atoms with Crippen LogP contribution in [0.25, 0.3) is 0 Å². The van der Waals surface area contributed by atoms with E-state index < -0.39 is 0 Å². The predicted octanol–water partition coefficient (Wildman–Crippen LogP) is 3.74. The zero-order chi connectivity index (χ0) is 19.5. The first-order chi connectivity index (χ1) is 13.6. The average Bonchev–Trinajstić information content (AvgIpc) is 3.20. The van der Waals surface area contributed by atoms with Crippen molar-refractivity contribution in [3.8, 4) is 0 Å². The Bertz CT molecular complexity index is 798. The molecule has 0 unspecified atom stereocenters. The highest BCUT2D eigenvalue weighted by atomic mass is 16.7. The first-order valence-corrected chi connectivity index (χ1v) is 10.3. The standard InChI is InChI=1S/C22H28N4O2/c1-15-3-6-20(14-23-15)21-9-10-28-26(21)22(27)19-7-4-17(5-8-19)11-18-12-24-16(2)25-13-18/h3,6,12-14,17,19,21H,4-5,7-11H2,1-2H3/t17-,19-,21-/m0/s1. The van der Waals surface area contributed by atoms with Gasteiger partial charge in [-0.15, -0.1) is 0 Å². The van der Waals surface area contributed by atoms with Crippen LogP contribution < -0.4 is 0 Å². The molecule has 28 heavy (non-hydrogen) atoms. The first kappa shape index (κ1) is 19.0. The van der Waals surface area contributed by atoms with Gasteiger partial charge in [0.15, 0.2) is 0 Å². The lowest BCUT2D eigenvalue weighted by Crippen LogP contribution is -2.36. The second-order valence-electron chi connectivity index (χ2n) is 8.09. The van der Waals surface area contributed by atoms with Crippen molar-refractivity contribution in [2.75, 3.05) is 6.61 Å². The van der Waals surface area contributed by atoms with Crippen LogP contribution in [-0.4, -0.2) is 32.5 Å². The lowest BCUT2D eigenvalue weighted by molar-refractivity contribution is -0.183. The number of rotatable bonds is 4. The van der Waals surface area contributed by atoms with Crippen molar-refractivity contribution in [2.45, 2.75) is 58.4 Å². The number of nitrogens with zero attached hydrogens (tertiary/aromatic N) is 4. The van der Waals surface area contributed by atoms with Gasteiger partial charge in [-0.2, -0.15) is 0 Å². The van der Waals surface area contributed by atoms with E-state index in [0.717, 1.165) is 55.6 Å². The number of aryl methyl sites for hydroxylation is 2. The Morgan fingerprint density at radius 1 is 1.04 bits per heavy atom. The van der Waals surface area contributed by atoms with E-state index in [1.165, 1.54) is 5.56 Å². The molecule has 1 aliphatic carbocycles. The Hall–Kier alpha value is -2.34. The number of aromatic nitrogens is 3. The summed E-state index contributed by atoms with van der Waals surface area (Å²) in [5.74, 6) is 1.61. The molecular formula is C22H28N4O2. The molecule has 2 aromatic rings. The summed E-state index contributed by atoms with van der Waals surface area (Å²) in [6.07, 6.45) is 11.5. The van der Waals surface area contributed by atoms with Gasteiger partial charge in [0.1, 0.15) is 5.82 Å². The normalized spacial score (nSPS) is 25.1. The molecule has 0 spiro atoms. The van der Waals surface area contributed by atoms with Gasteiger partial charge >= 0.3 is 0 Å². The third kappa shape index (κ3) is 4.22. The fourth-order valence-corrected chi connectivity index (χ4v) is 4.32. The highest BCUT2D eigenvalue weighted by Gasteiger charge is 2.37. The summed E-state index contributed by atoms with van der Waals surface area (Å²) in [7, 11) is 0. The molecule has 2 aliphatic rings. The second-order valence-corrected chi connectivity index (χ2v) is 8.09. The van der Waals surface area contributed by atoms with Crippen LogP contribution in [0.2, 0.25) is 0 Å². The van der Waals surface area contributed by atoms with Crippen LogP contribution in [0.5, 0.6) is 0 Å². The van der Waals surface area contributed by atoms with Crippen LogP contribution in [0, 0.1) is 25.7 Å². The smallest absolute Gasteiger partial charge is 0.249 e. The van der Waals surface area contributed by atoms with E-state index in [1.54, 1.807) is 5.06 Å². The van der Waals surface area contributed by atoms with Crippen molar-refractivity contribution in [2.24, 2.45) is 11.8 Å². The molecule has 0 aromatic carbocycles. The van der Waals surface area contributed by atoms with Crippen LogP contribution >= 0.6 is 0 Å². The summed E-state index contributed by atoms with van der Waals surface area (Å²) in [4.78, 5) is 31.8. The van der Waals surface area contributed by atoms with E-state index in [2.05, 4.69) is 21.0 Å². The summed E-state index contributed by atoms with van der Waals surface area (Å²) >= 11 is 0. The van der Waals surface area contributed by atoms with E-state index in [9.17, 15) is 4.79 Å². The van der Waals surface area contributed by atoms with Gasteiger partial charge in [-0.25, -0.2) is 15.0 Å². The number of hydroxylamine groups is 2. The molecule has 0 radical (unpaired) electrons. The molecule has 0 N–H and O–H groups in total. The van der Waals surface area contributed by atoms with Crippen LogP contribution in [0.15, 0.2) is 30.7 Å². The quantitative estimate of drug-likeness (QED) is 0.808. The van der Waals surface area contributed by atoms with Crippen LogP contribution in [-0.2, 0) is 16.1 Å². The molecule has 3 heterocycles. The Balaban J connectivity index is 1.34. The molecule has 1 atom stereocenters. The molecular weight excluding hydrogens is 352 g/mol. The fourth-order valence-electron chi connectivity index (χ4n) is 4.32. The van der Waals surface area contributed by atoms with Gasteiger partial charge < -0.3 is 0 Å². The first-order valence-electron chi connectivity index (χ1n) is 10.3. The molecule has 1 saturated heterocycles. The maximum Gasteiger partial charge on any atom is 0.249 e. The number of pyridine rings is 1. The Morgan fingerprint density at radius 3 is 2.46 bits per heavy atom. The fraction of sp³-hybridized carbons (Fsp3) is 0.545. The van der Waals surface area contributed by atoms with Crippen LogP contribution in [0.4, 0.5) is 0 Å². The van der Waals surface area contributed by atoms with Gasteiger partial charge in [0.2, 0.25) is 5.91 Å². The van der Waals surface area contributed by atoms with Crippen molar-refractivity contribution in [1.82, 2.24) is 20.0 Å². The summed E-state index contributed by atoms with van der Waals surface area (Å²) in [5.41, 5.74) is 3.23. The van der Waals surface area contributed by atoms with Gasteiger partial charge in [0, 0.05) is 36.6 Å². The monoisotopic (exact) mass is 380 g/mol. The van der Waals surface area contributed by atoms with Crippen molar-refractivity contribution in [3.05, 3.63) is 53.4 Å². The lowest BCUT2D eigenvalue weighted by atomic mass is 9.79. The molecule has 6 nitrogen and oxygen atoms in total. The molecule has 2 aromatic heterocycles. The van der Waals surface area contributed by atoms with Crippen molar-refractivity contribution in [3.63, 3.8) is 0 Å². The van der Waals surface area contributed by atoms with Gasteiger partial charge in [0.05, 0.1) is 12.6 Å². The molecule has 1 aliphatic heterocycles. The Kier molecular flexibility index (Phi) is 5.67. The van der Waals surface area contributed by atoms with E-state index in [0.29, 0.717) is 12.5 Å². The van der Waals surface area contributed by atoms with E-state index in [4.69, 9.17) is 4.84 Å². The number of hydrogen-bond donors (Lipinski definition) is 0. The SMILES string of the molecule is Cc1ccc([C@@H]2CCON2C(=O)[C@H]2CC[C@H](Cc3cnc(C)nc3)CC2)cn1. The molecule has 2 fully saturated rings. The Labute approximate surface area is 166 Å². The minimum absolute atomic E-state index is 0.0111. The summed E-state index contributed by atoms with van der Waals surface area (Å²) in [6.45, 7) is 4.47. The topological polar surface area (TPSA) is 68.2 Å².